The third-order valence-corrected chi connectivity index (χ3v) is 12.3. The number of ether oxygens (including phenoxy) is 4. The van der Waals surface area contributed by atoms with E-state index in [9.17, 15) is 14.9 Å². The molecule has 2 N–H and O–H groups in total. The van der Waals surface area contributed by atoms with Crippen LogP contribution in [-0.4, -0.2) is 88.0 Å². The maximum Gasteiger partial charge on any atom is 0.280 e. The van der Waals surface area contributed by atoms with E-state index in [1.54, 1.807) is 28.1 Å². The van der Waals surface area contributed by atoms with Gasteiger partial charge in [-0.1, -0.05) is 68.4 Å². The molecule has 3 heterocycles. The summed E-state index contributed by atoms with van der Waals surface area (Å²) in [7, 11) is 1.39. The summed E-state index contributed by atoms with van der Waals surface area (Å²) in [6, 6.07) is 26.4. The Bertz CT molecular complexity index is 2260. The summed E-state index contributed by atoms with van der Waals surface area (Å²) in [5.74, 6) is 0.323. The second-order valence-electron chi connectivity index (χ2n) is 15.3. The first kappa shape index (κ1) is 45.3. The highest BCUT2D eigenvalue weighted by molar-refractivity contribution is 7.44. The zero-order valence-corrected chi connectivity index (χ0v) is 36.5. The smallest absolute Gasteiger partial charge is 0.280 e. The Labute approximate surface area is 356 Å². The number of aromatic nitrogens is 4. The molecule has 61 heavy (non-hydrogen) atoms. The topological polar surface area (TPSA) is 175 Å². The van der Waals surface area contributed by atoms with Gasteiger partial charge in [-0.05, 0) is 68.7 Å². The number of imidazole rings is 1. The molecule has 6 rings (SSSR count). The van der Waals surface area contributed by atoms with Crippen LogP contribution in [0.5, 0.6) is 11.5 Å². The number of aromatic amines is 1. The number of hydrogen-bond acceptors (Lipinski definition) is 12. The van der Waals surface area contributed by atoms with Crippen molar-refractivity contribution in [2.45, 2.75) is 90.3 Å². The summed E-state index contributed by atoms with van der Waals surface area (Å²) < 4.78 is 59.2. The first-order chi connectivity index (χ1) is 29.3. The van der Waals surface area contributed by atoms with Crippen molar-refractivity contribution >= 4 is 31.5 Å². The molecule has 5 aromatic rings. The highest BCUT2D eigenvalue weighted by Crippen LogP contribution is 2.50. The van der Waals surface area contributed by atoms with Crippen molar-refractivity contribution in [3.63, 3.8) is 0 Å². The molecule has 0 aliphatic carbocycles. The molecule has 17 heteroatoms. The van der Waals surface area contributed by atoms with Gasteiger partial charge in [0.05, 0.1) is 46.3 Å². The first-order valence-corrected chi connectivity index (χ1v) is 21.3. The third kappa shape index (κ3) is 9.78. The Kier molecular flexibility index (Phi) is 14.9. The third-order valence-electron chi connectivity index (χ3n) is 10.2. The van der Waals surface area contributed by atoms with E-state index in [2.05, 4.69) is 31.0 Å². The number of benzene rings is 3. The number of amides is 1. The van der Waals surface area contributed by atoms with Gasteiger partial charge in [0.25, 0.3) is 14.1 Å². The van der Waals surface area contributed by atoms with Crippen LogP contribution in [0.3, 0.4) is 0 Å². The molecule has 1 fully saturated rings. The minimum absolute atomic E-state index is 0.00542. The van der Waals surface area contributed by atoms with Crippen molar-refractivity contribution in [1.82, 2.24) is 24.2 Å². The van der Waals surface area contributed by atoms with Crippen LogP contribution in [0.2, 0.25) is 0 Å². The highest BCUT2D eigenvalue weighted by Gasteiger charge is 2.53. The number of halogens is 1. The molecule has 0 spiro atoms. The van der Waals surface area contributed by atoms with Crippen LogP contribution in [0.4, 0.5) is 10.3 Å². The average molecular weight is 858 g/mol. The van der Waals surface area contributed by atoms with Crippen molar-refractivity contribution in [2.75, 3.05) is 32.8 Å². The van der Waals surface area contributed by atoms with Crippen molar-refractivity contribution in [3.05, 3.63) is 112 Å². The Morgan fingerprint density at radius 1 is 0.951 bits per heavy atom. The lowest BCUT2D eigenvalue weighted by molar-refractivity contribution is -0.118. The van der Waals surface area contributed by atoms with E-state index in [4.69, 9.17) is 28.0 Å². The van der Waals surface area contributed by atoms with Crippen molar-refractivity contribution in [2.24, 2.45) is 5.92 Å². The lowest BCUT2D eigenvalue weighted by atomic mass is 9.79. The van der Waals surface area contributed by atoms with Crippen LogP contribution in [0.25, 0.3) is 11.2 Å². The molecule has 0 bridgehead atoms. The number of nitriles is 1. The number of rotatable bonds is 19. The monoisotopic (exact) mass is 857 g/mol. The van der Waals surface area contributed by atoms with E-state index in [-0.39, 0.29) is 54.7 Å². The van der Waals surface area contributed by atoms with Crippen molar-refractivity contribution in [3.8, 4) is 17.6 Å². The van der Waals surface area contributed by atoms with Gasteiger partial charge in [-0.15, -0.1) is 0 Å². The zero-order chi connectivity index (χ0) is 43.8. The van der Waals surface area contributed by atoms with Gasteiger partial charge in [0.1, 0.15) is 29.3 Å². The number of methoxy groups -OCH3 is 2. The van der Waals surface area contributed by atoms with E-state index in [1.165, 1.54) is 10.9 Å². The van der Waals surface area contributed by atoms with Crippen LogP contribution >= 0.6 is 8.53 Å². The number of nitrogens with one attached hydrogen (secondary N) is 2. The fourth-order valence-corrected chi connectivity index (χ4v) is 8.93. The van der Waals surface area contributed by atoms with Crippen LogP contribution in [-0.2, 0) is 28.9 Å². The second kappa shape index (κ2) is 20.1. The van der Waals surface area contributed by atoms with E-state index < -0.39 is 50.2 Å². The maximum absolute atomic E-state index is 18.0. The summed E-state index contributed by atoms with van der Waals surface area (Å²) >= 11 is 0. The summed E-state index contributed by atoms with van der Waals surface area (Å²) in [4.78, 5) is 37.2. The van der Waals surface area contributed by atoms with Crippen LogP contribution in [0, 0.1) is 17.2 Å². The van der Waals surface area contributed by atoms with E-state index in [1.807, 2.05) is 107 Å². The van der Waals surface area contributed by atoms with E-state index in [0.29, 0.717) is 28.2 Å². The molecule has 3 aromatic carbocycles. The first-order valence-electron chi connectivity index (χ1n) is 20.1. The van der Waals surface area contributed by atoms with E-state index in [0.717, 1.165) is 0 Å². The molecule has 1 unspecified atom stereocenters. The molecule has 15 nitrogen and oxygen atoms in total. The Morgan fingerprint density at radius 2 is 1.54 bits per heavy atom. The lowest BCUT2D eigenvalue weighted by Gasteiger charge is -2.40. The SMILES string of the molecule is COc1ccc(C(O[C@H]2[C@@H](F)[C@H](n3cnc4c(=O)[nH]c(NC(=O)C(C)C)nc43)O[C@@H]2COP(OCCC#N)N(C(C)C)C(C)C)(c2ccccc2)c2ccc(OC)cc2)cc1. The van der Waals surface area contributed by atoms with Crippen molar-refractivity contribution < 1.29 is 37.2 Å². The molecule has 1 aliphatic heterocycles. The number of hydrogen-bond donors (Lipinski definition) is 2. The largest absolute Gasteiger partial charge is 0.497 e. The van der Waals surface area contributed by atoms with Crippen LogP contribution < -0.4 is 20.3 Å². The summed E-state index contributed by atoms with van der Waals surface area (Å²) in [5.41, 5.74) is -0.150. The molecule has 0 radical (unpaired) electrons. The molecule has 1 saturated heterocycles. The molecule has 1 aliphatic rings. The number of carbonyl (C=O) groups excluding carboxylic acids is 1. The normalized spacial score (nSPS) is 18.6. The van der Waals surface area contributed by atoms with Gasteiger partial charge in [0.2, 0.25) is 11.9 Å². The number of carbonyl (C=O) groups is 1. The summed E-state index contributed by atoms with van der Waals surface area (Å²) in [6.45, 7) is 11.4. The molecule has 5 atom stereocenters. The lowest BCUT2D eigenvalue weighted by Crippen LogP contribution is -2.44. The fourth-order valence-electron chi connectivity index (χ4n) is 7.31. The second-order valence-corrected chi connectivity index (χ2v) is 16.8. The molecular weight excluding hydrogens is 804 g/mol. The number of nitrogens with zero attached hydrogens (tertiary/aromatic N) is 5. The molecule has 1 amide bonds. The molecular formula is C44H53FN7O8P. The molecule has 0 saturated carbocycles. The zero-order valence-electron chi connectivity index (χ0n) is 35.6. The van der Waals surface area contributed by atoms with Gasteiger partial charge in [0.15, 0.2) is 23.6 Å². The van der Waals surface area contributed by atoms with Gasteiger partial charge in [0, 0.05) is 18.0 Å². The van der Waals surface area contributed by atoms with Gasteiger partial charge in [-0.2, -0.15) is 10.2 Å². The Balaban J connectivity index is 1.51. The summed E-state index contributed by atoms with van der Waals surface area (Å²) in [6.07, 6.45) is -4.36. The number of H-pyrrole nitrogens is 1. The number of alkyl halides is 1. The molecule has 2 aromatic heterocycles. The summed E-state index contributed by atoms with van der Waals surface area (Å²) in [5, 5.41) is 11.9. The molecule has 324 valence electrons. The predicted octanol–water partition coefficient (Wildman–Crippen LogP) is 7.64. The van der Waals surface area contributed by atoms with Gasteiger partial charge < -0.3 is 28.0 Å². The fraction of sp³-hybridized carbons (Fsp3) is 0.432. The number of fused-ring (bicyclic) bond motifs is 1. The van der Waals surface area contributed by atoms with Gasteiger partial charge >= 0.3 is 0 Å². The Hall–Kier alpha value is -5.27. The van der Waals surface area contributed by atoms with Gasteiger partial charge in [-0.3, -0.25) is 24.5 Å². The minimum atomic E-state index is -1.92. The number of anilines is 1. The van der Waals surface area contributed by atoms with Crippen LogP contribution in [0.1, 0.15) is 70.9 Å². The predicted molar refractivity (Wildman–Crippen MR) is 229 cm³/mol. The van der Waals surface area contributed by atoms with Gasteiger partial charge in [-0.25, -0.2) is 14.0 Å². The minimum Gasteiger partial charge on any atom is -0.497 e. The highest BCUT2D eigenvalue weighted by atomic mass is 31.2. The standard InChI is InChI=1S/C44H53FN7O8P/c1-27(2)40(53)49-43-48-39-37(41(54)50-43)47-26-51(39)42-36(45)38(35(59-42)25-58-61(57-24-12-23-46)52(28(3)4)29(5)6)60-44(30-13-10-9-11-14-30,31-15-19-33(55-7)20-16-31)32-17-21-34(56-8)22-18-32/h9-11,13-22,26-29,35-36,38,42H,12,24-25H2,1-8H3,(H2,48,49,50,53,54)/t35-,36-,38-,42-,61?/m1/s1. The Morgan fingerprint density at radius 3 is 2.08 bits per heavy atom. The van der Waals surface area contributed by atoms with Crippen LogP contribution in [0.15, 0.2) is 90.0 Å². The van der Waals surface area contributed by atoms with Crippen molar-refractivity contribution in [1.29, 1.82) is 5.26 Å². The quantitative estimate of drug-likeness (QED) is 0.0473. The maximum atomic E-state index is 18.0. The van der Waals surface area contributed by atoms with E-state index >= 15 is 4.39 Å². The average Bonchev–Trinajstić information content (AvgIpc) is 3.81.